The Kier molecular flexibility index (Phi) is 8.08. The molecule has 5 atom stereocenters. The second kappa shape index (κ2) is 10.2. The molecule has 12 nitrogen and oxygen atoms in total. The van der Waals surface area contributed by atoms with Crippen molar-refractivity contribution in [2.24, 2.45) is 10.2 Å². The Bertz CT molecular complexity index is 995. The SMILES string of the molecule is CC(C)(C)O[C@H]1OC(CN=[N+]=[N-])[C@H](O)[C@H](O)C1NC(=O)c1c(F)c(F)c(N=[N+]=[N-])c(F)c1F. The van der Waals surface area contributed by atoms with Gasteiger partial charge in [-0.15, -0.1) is 0 Å². The van der Waals surface area contributed by atoms with Crippen molar-refractivity contribution in [3.05, 3.63) is 49.7 Å². The van der Waals surface area contributed by atoms with Crippen LogP contribution in [0, 0.1) is 23.3 Å². The molecule has 1 aliphatic rings. The first-order chi connectivity index (χ1) is 15.3. The van der Waals surface area contributed by atoms with Crippen molar-refractivity contribution in [2.75, 3.05) is 6.54 Å². The molecule has 1 fully saturated rings. The first-order valence-corrected chi connectivity index (χ1v) is 9.26. The third-order valence-electron chi connectivity index (χ3n) is 4.41. The third kappa shape index (κ3) is 5.63. The zero-order valence-electron chi connectivity index (χ0n) is 17.4. The van der Waals surface area contributed by atoms with E-state index in [9.17, 15) is 32.6 Å². The lowest BCUT2D eigenvalue weighted by molar-refractivity contribution is -0.285. The number of aliphatic hydroxyl groups excluding tert-OH is 2. The predicted molar refractivity (Wildman–Crippen MR) is 102 cm³/mol. The molecule has 180 valence electrons. The van der Waals surface area contributed by atoms with Crippen molar-refractivity contribution in [1.82, 2.24) is 5.32 Å². The number of carbonyl (C=O) groups excluding carboxylic acids is 1. The molecular weight excluding hydrogens is 458 g/mol. The van der Waals surface area contributed by atoms with E-state index >= 15 is 0 Å². The summed E-state index contributed by atoms with van der Waals surface area (Å²) in [6, 6.07) is -1.68. The minimum Gasteiger partial charge on any atom is -0.388 e. The van der Waals surface area contributed by atoms with Gasteiger partial charge in [0.15, 0.2) is 29.6 Å². The Morgan fingerprint density at radius 3 is 2.15 bits per heavy atom. The quantitative estimate of drug-likeness (QED) is 0.187. The summed E-state index contributed by atoms with van der Waals surface area (Å²) in [6.45, 7) is 4.26. The van der Waals surface area contributed by atoms with Crippen LogP contribution in [-0.4, -0.2) is 58.9 Å². The fourth-order valence-corrected chi connectivity index (χ4v) is 2.98. The molecule has 2 rings (SSSR count). The van der Waals surface area contributed by atoms with E-state index in [0.717, 1.165) is 0 Å². The van der Waals surface area contributed by atoms with Gasteiger partial charge in [0, 0.05) is 9.82 Å². The largest absolute Gasteiger partial charge is 0.388 e. The van der Waals surface area contributed by atoms with Gasteiger partial charge in [0.1, 0.15) is 29.5 Å². The summed E-state index contributed by atoms with van der Waals surface area (Å²) in [5, 5.41) is 28.4. The molecule has 16 heteroatoms. The highest BCUT2D eigenvalue weighted by Gasteiger charge is 2.47. The van der Waals surface area contributed by atoms with Gasteiger partial charge in [-0.05, 0) is 31.8 Å². The van der Waals surface area contributed by atoms with Crippen LogP contribution >= 0.6 is 0 Å². The van der Waals surface area contributed by atoms with Crippen molar-refractivity contribution in [3.63, 3.8) is 0 Å². The number of hydrogen-bond donors (Lipinski definition) is 3. The minimum atomic E-state index is -2.16. The van der Waals surface area contributed by atoms with Crippen LogP contribution in [0.4, 0.5) is 23.2 Å². The molecule has 0 aliphatic carbocycles. The zero-order chi connectivity index (χ0) is 25.1. The van der Waals surface area contributed by atoms with Crippen LogP contribution < -0.4 is 5.32 Å². The van der Waals surface area contributed by atoms with Gasteiger partial charge in [-0.2, -0.15) is 0 Å². The molecule has 1 aliphatic heterocycles. The van der Waals surface area contributed by atoms with Gasteiger partial charge in [-0.1, -0.05) is 10.2 Å². The van der Waals surface area contributed by atoms with Crippen molar-refractivity contribution >= 4 is 11.6 Å². The number of amides is 1. The molecule has 1 aromatic carbocycles. The Balaban J connectivity index is 2.45. The van der Waals surface area contributed by atoms with E-state index in [1.807, 2.05) is 5.32 Å². The average Bonchev–Trinajstić information content (AvgIpc) is 2.73. The second-order valence-electron chi connectivity index (χ2n) is 7.84. The van der Waals surface area contributed by atoms with Crippen LogP contribution in [0.1, 0.15) is 31.1 Å². The van der Waals surface area contributed by atoms with Crippen LogP contribution in [0.15, 0.2) is 10.2 Å². The van der Waals surface area contributed by atoms with Crippen molar-refractivity contribution < 1.29 is 42.0 Å². The first-order valence-electron chi connectivity index (χ1n) is 9.26. The number of nitrogens with zero attached hydrogens (tertiary/aromatic N) is 6. The number of nitrogens with one attached hydrogen (secondary N) is 1. The molecule has 0 aromatic heterocycles. The van der Waals surface area contributed by atoms with Gasteiger partial charge >= 0.3 is 0 Å². The third-order valence-corrected chi connectivity index (χ3v) is 4.41. The Morgan fingerprint density at radius 1 is 1.09 bits per heavy atom. The summed E-state index contributed by atoms with van der Waals surface area (Å²) in [4.78, 5) is 17.1. The maximum atomic E-state index is 14.3. The number of ether oxygens (including phenoxy) is 2. The summed E-state index contributed by atoms with van der Waals surface area (Å²) in [7, 11) is 0. The number of aliphatic hydroxyl groups is 2. The Morgan fingerprint density at radius 2 is 1.67 bits per heavy atom. The number of benzene rings is 1. The Labute approximate surface area is 183 Å². The first kappa shape index (κ1) is 26.1. The van der Waals surface area contributed by atoms with E-state index in [1.54, 1.807) is 20.8 Å². The van der Waals surface area contributed by atoms with Crippen LogP contribution in [0.25, 0.3) is 20.9 Å². The van der Waals surface area contributed by atoms with Crippen LogP contribution in [0.3, 0.4) is 0 Å². The van der Waals surface area contributed by atoms with Gasteiger partial charge in [0.2, 0.25) is 0 Å². The van der Waals surface area contributed by atoms with Gasteiger partial charge in [0.25, 0.3) is 5.91 Å². The number of rotatable bonds is 6. The number of carbonyl (C=O) groups is 1. The lowest BCUT2D eigenvalue weighted by atomic mass is 9.95. The molecular formula is C17H19F4N7O5. The van der Waals surface area contributed by atoms with Crippen molar-refractivity contribution in [2.45, 2.75) is 57.0 Å². The summed E-state index contributed by atoms with van der Waals surface area (Å²) < 4.78 is 67.8. The molecule has 1 aromatic rings. The van der Waals surface area contributed by atoms with E-state index in [4.69, 9.17) is 20.5 Å². The molecule has 0 saturated carbocycles. The van der Waals surface area contributed by atoms with Gasteiger partial charge in [0.05, 0.1) is 18.2 Å². The van der Waals surface area contributed by atoms with E-state index in [0.29, 0.717) is 0 Å². The van der Waals surface area contributed by atoms with Crippen LogP contribution in [0.5, 0.6) is 0 Å². The molecule has 3 N–H and O–H groups in total. The van der Waals surface area contributed by atoms with Gasteiger partial charge in [-0.25, -0.2) is 17.6 Å². The molecule has 0 radical (unpaired) electrons. The van der Waals surface area contributed by atoms with E-state index in [-0.39, 0.29) is 0 Å². The fraction of sp³-hybridized carbons (Fsp3) is 0.588. The zero-order valence-corrected chi connectivity index (χ0v) is 17.4. The molecule has 33 heavy (non-hydrogen) atoms. The maximum Gasteiger partial charge on any atom is 0.257 e. The predicted octanol–water partition coefficient (Wildman–Crippen LogP) is 2.86. The average molecular weight is 477 g/mol. The summed E-state index contributed by atoms with van der Waals surface area (Å²) in [6.07, 6.45) is -6.45. The van der Waals surface area contributed by atoms with Gasteiger partial charge < -0.3 is 25.0 Å². The molecule has 1 heterocycles. The number of halogens is 4. The van der Waals surface area contributed by atoms with Crippen molar-refractivity contribution in [1.29, 1.82) is 0 Å². The highest BCUT2D eigenvalue weighted by atomic mass is 19.2. The molecule has 0 bridgehead atoms. The van der Waals surface area contributed by atoms with Crippen molar-refractivity contribution in [3.8, 4) is 0 Å². The Hall–Kier alpha value is -3.13. The van der Waals surface area contributed by atoms with E-state index in [1.165, 1.54) is 0 Å². The number of azide groups is 2. The van der Waals surface area contributed by atoms with Gasteiger partial charge in [-0.3, -0.25) is 4.79 Å². The standard InChI is InChI=1S/C17H19F4N7O5/c1-17(2,3)33-16-12(14(30)13(29)5(32-16)4-24-27-22)25-15(31)6-7(18)9(20)11(26-28-23)10(21)8(6)19/h5,12-14,16,29-30H,4H2,1-3H3,(H,25,31)/t5?,12?,13-,14+,16+/m0/s1. The smallest absolute Gasteiger partial charge is 0.257 e. The topological polar surface area (TPSA) is 186 Å². The summed E-state index contributed by atoms with van der Waals surface area (Å²) in [5.41, 5.74) is 12.5. The monoisotopic (exact) mass is 477 g/mol. The normalized spacial score (nSPS) is 25.1. The highest BCUT2D eigenvalue weighted by Crippen LogP contribution is 2.31. The molecule has 0 spiro atoms. The van der Waals surface area contributed by atoms with Crippen LogP contribution in [0.2, 0.25) is 0 Å². The number of hydrogen-bond acceptors (Lipinski definition) is 7. The lowest BCUT2D eigenvalue weighted by Crippen LogP contribution is -2.65. The second-order valence-corrected chi connectivity index (χ2v) is 7.84. The highest BCUT2D eigenvalue weighted by molar-refractivity contribution is 5.95. The van der Waals surface area contributed by atoms with Crippen LogP contribution in [-0.2, 0) is 9.47 Å². The minimum absolute atomic E-state index is 0.431. The maximum absolute atomic E-state index is 14.3. The van der Waals surface area contributed by atoms with E-state index < -0.39 is 83.2 Å². The van der Waals surface area contributed by atoms with E-state index in [2.05, 4.69) is 20.1 Å². The summed E-state index contributed by atoms with van der Waals surface area (Å²) >= 11 is 0. The molecule has 1 saturated heterocycles. The lowest BCUT2D eigenvalue weighted by Gasteiger charge is -2.44. The summed E-state index contributed by atoms with van der Waals surface area (Å²) in [5.74, 6) is -10.3. The molecule has 2 unspecified atom stereocenters. The molecule has 1 amide bonds. The fourth-order valence-electron chi connectivity index (χ4n) is 2.98.